The van der Waals surface area contributed by atoms with Crippen LogP contribution in [-0.2, 0) is 7.05 Å². The number of hydrogen-bond acceptors (Lipinski definition) is 3. The molecule has 0 atom stereocenters. The van der Waals surface area contributed by atoms with Crippen molar-refractivity contribution in [3.05, 3.63) is 77.0 Å². The lowest BCUT2D eigenvalue weighted by Crippen LogP contribution is -1.93. The zero-order chi connectivity index (χ0) is 18.1. The Labute approximate surface area is 161 Å². The maximum Gasteiger partial charge on any atom is 0.219 e. The minimum Gasteiger partial charge on any atom is -0.439 e. The number of nitrogens with zero attached hydrogens (tertiary/aromatic N) is 2. The van der Waals surface area contributed by atoms with E-state index < -0.39 is 0 Å². The van der Waals surface area contributed by atoms with Crippen LogP contribution in [0.15, 0.2) is 67.0 Å². The van der Waals surface area contributed by atoms with Gasteiger partial charge in [0, 0.05) is 35.9 Å². The molecule has 26 heavy (non-hydrogen) atoms. The highest BCUT2D eigenvalue weighted by atomic mass is 35.5. The third-order valence-electron chi connectivity index (χ3n) is 4.02. The molecule has 1 N–H and O–H groups in total. The van der Waals surface area contributed by atoms with Crippen LogP contribution in [0.1, 0.15) is 0 Å². The Hall–Kier alpha value is -2.69. The highest BCUT2D eigenvalue weighted by Crippen LogP contribution is 2.28. The molecular formula is C20H15Cl2N3O. The van der Waals surface area contributed by atoms with E-state index in [4.69, 9.17) is 27.9 Å². The van der Waals surface area contributed by atoms with Gasteiger partial charge in [0.05, 0.1) is 21.9 Å². The molecule has 2 aromatic carbocycles. The summed E-state index contributed by atoms with van der Waals surface area (Å²) in [6.45, 7) is 0. The molecule has 0 amide bonds. The first-order valence-electron chi connectivity index (χ1n) is 7.99. The Morgan fingerprint density at radius 3 is 2.54 bits per heavy atom. The topological polar surface area (TPSA) is 39.1 Å². The molecule has 0 radical (unpaired) electrons. The van der Waals surface area contributed by atoms with E-state index in [1.807, 2.05) is 49.6 Å². The lowest BCUT2D eigenvalue weighted by Gasteiger charge is -2.09. The van der Waals surface area contributed by atoms with Crippen LogP contribution >= 0.6 is 23.2 Å². The molecule has 2 aromatic heterocycles. The summed E-state index contributed by atoms with van der Waals surface area (Å²) in [6.07, 6.45) is 3.73. The summed E-state index contributed by atoms with van der Waals surface area (Å²) in [5.41, 5.74) is 2.82. The highest BCUT2D eigenvalue weighted by molar-refractivity contribution is 6.42. The van der Waals surface area contributed by atoms with Crippen molar-refractivity contribution in [2.24, 2.45) is 7.05 Å². The van der Waals surface area contributed by atoms with Crippen LogP contribution in [0, 0.1) is 0 Å². The first kappa shape index (κ1) is 16.8. The van der Waals surface area contributed by atoms with Crippen molar-refractivity contribution >= 4 is 45.5 Å². The van der Waals surface area contributed by atoms with Gasteiger partial charge < -0.3 is 14.6 Å². The van der Waals surface area contributed by atoms with Crippen LogP contribution in [0.4, 0.5) is 11.4 Å². The van der Waals surface area contributed by atoms with E-state index in [9.17, 15) is 0 Å². The van der Waals surface area contributed by atoms with Crippen molar-refractivity contribution in [1.29, 1.82) is 0 Å². The lowest BCUT2D eigenvalue weighted by molar-refractivity contribution is 0.464. The summed E-state index contributed by atoms with van der Waals surface area (Å²) in [5.74, 6) is 1.28. The van der Waals surface area contributed by atoms with Crippen LogP contribution in [0.25, 0.3) is 10.9 Å². The van der Waals surface area contributed by atoms with Crippen molar-refractivity contribution in [2.75, 3.05) is 5.32 Å². The number of pyridine rings is 1. The molecule has 2 heterocycles. The molecule has 0 saturated carbocycles. The molecular weight excluding hydrogens is 369 g/mol. The Balaban J connectivity index is 1.48. The molecule has 4 nitrogen and oxygen atoms in total. The number of aryl methyl sites for hydroxylation is 1. The van der Waals surface area contributed by atoms with Crippen molar-refractivity contribution < 1.29 is 4.74 Å². The third kappa shape index (κ3) is 3.47. The van der Waals surface area contributed by atoms with E-state index in [0.29, 0.717) is 15.9 Å². The maximum absolute atomic E-state index is 6.03. The number of ether oxygens (including phenoxy) is 1. The molecule has 0 aliphatic rings. The molecule has 4 rings (SSSR count). The Bertz CT molecular complexity index is 1070. The summed E-state index contributed by atoms with van der Waals surface area (Å²) in [4.78, 5) is 4.35. The van der Waals surface area contributed by atoms with Crippen molar-refractivity contribution in [2.45, 2.75) is 0 Å². The fourth-order valence-corrected chi connectivity index (χ4v) is 3.00. The molecule has 0 aliphatic heterocycles. The number of benzene rings is 2. The van der Waals surface area contributed by atoms with E-state index in [1.54, 1.807) is 18.3 Å². The number of halogens is 2. The van der Waals surface area contributed by atoms with Gasteiger partial charge in [-0.3, -0.25) is 0 Å². The van der Waals surface area contributed by atoms with Gasteiger partial charge in [-0.2, -0.15) is 0 Å². The molecule has 130 valence electrons. The maximum atomic E-state index is 6.03. The van der Waals surface area contributed by atoms with Crippen LogP contribution in [0.3, 0.4) is 0 Å². The van der Waals surface area contributed by atoms with Crippen LogP contribution in [0.5, 0.6) is 11.6 Å². The van der Waals surface area contributed by atoms with Gasteiger partial charge >= 0.3 is 0 Å². The molecule has 0 unspecified atom stereocenters. The molecule has 0 bridgehead atoms. The Morgan fingerprint density at radius 1 is 0.923 bits per heavy atom. The van der Waals surface area contributed by atoms with Crippen molar-refractivity contribution in [1.82, 2.24) is 9.55 Å². The fraction of sp³-hybridized carbons (Fsp3) is 0.0500. The van der Waals surface area contributed by atoms with E-state index in [2.05, 4.69) is 20.9 Å². The summed E-state index contributed by atoms with van der Waals surface area (Å²) >= 11 is 12.0. The summed E-state index contributed by atoms with van der Waals surface area (Å²) < 4.78 is 7.92. The number of fused-ring (bicyclic) bond motifs is 1. The Kier molecular flexibility index (Phi) is 4.45. The first-order valence-corrected chi connectivity index (χ1v) is 8.75. The minimum atomic E-state index is 0.501. The molecule has 0 saturated heterocycles. The zero-order valence-electron chi connectivity index (χ0n) is 13.9. The normalized spacial score (nSPS) is 10.9. The molecule has 0 fully saturated rings. The van der Waals surface area contributed by atoms with Crippen molar-refractivity contribution in [3.8, 4) is 11.6 Å². The molecule has 6 heteroatoms. The second kappa shape index (κ2) is 6.90. The smallest absolute Gasteiger partial charge is 0.219 e. The average Bonchev–Trinajstić information content (AvgIpc) is 3.00. The van der Waals surface area contributed by atoms with E-state index in [1.165, 1.54) is 0 Å². The van der Waals surface area contributed by atoms with Crippen molar-refractivity contribution in [3.63, 3.8) is 0 Å². The molecule has 0 aliphatic carbocycles. The summed E-state index contributed by atoms with van der Waals surface area (Å²) in [5, 5.41) is 5.38. The monoisotopic (exact) mass is 383 g/mol. The number of anilines is 2. The van der Waals surface area contributed by atoms with Gasteiger partial charge in [0.1, 0.15) is 5.75 Å². The summed E-state index contributed by atoms with van der Waals surface area (Å²) in [7, 11) is 2.02. The molecule has 4 aromatic rings. The fourth-order valence-electron chi connectivity index (χ4n) is 2.70. The largest absolute Gasteiger partial charge is 0.439 e. The van der Waals surface area contributed by atoms with Gasteiger partial charge in [-0.25, -0.2) is 4.98 Å². The second-order valence-electron chi connectivity index (χ2n) is 5.89. The standard InChI is InChI=1S/C20H15Cl2N3O/c1-25-9-8-13-10-16(4-6-19(13)25)26-20-7-3-15(12-23-20)24-14-2-5-17(21)18(22)11-14/h2-12,24H,1H3. The predicted octanol–water partition coefficient (Wildman–Crippen LogP) is 6.42. The zero-order valence-corrected chi connectivity index (χ0v) is 15.4. The number of hydrogen-bond donors (Lipinski definition) is 1. The Morgan fingerprint density at radius 2 is 1.77 bits per heavy atom. The predicted molar refractivity (Wildman–Crippen MR) is 107 cm³/mol. The van der Waals surface area contributed by atoms with Crippen LogP contribution in [0.2, 0.25) is 10.0 Å². The number of aromatic nitrogens is 2. The van der Waals surface area contributed by atoms with Gasteiger partial charge in [0.2, 0.25) is 5.88 Å². The highest BCUT2D eigenvalue weighted by Gasteiger charge is 2.04. The van der Waals surface area contributed by atoms with E-state index in [0.717, 1.165) is 28.0 Å². The summed E-state index contributed by atoms with van der Waals surface area (Å²) in [6, 6.07) is 17.1. The average molecular weight is 384 g/mol. The van der Waals surface area contributed by atoms with Gasteiger partial charge in [-0.15, -0.1) is 0 Å². The van der Waals surface area contributed by atoms with E-state index in [-0.39, 0.29) is 0 Å². The number of rotatable bonds is 4. The van der Waals surface area contributed by atoms with Crippen LogP contribution in [-0.4, -0.2) is 9.55 Å². The molecule has 0 spiro atoms. The third-order valence-corrected chi connectivity index (χ3v) is 4.76. The lowest BCUT2D eigenvalue weighted by atomic mass is 10.2. The van der Waals surface area contributed by atoms with E-state index >= 15 is 0 Å². The second-order valence-corrected chi connectivity index (χ2v) is 6.70. The first-order chi connectivity index (χ1) is 12.6. The van der Waals surface area contributed by atoms with Crippen LogP contribution < -0.4 is 10.1 Å². The van der Waals surface area contributed by atoms with Gasteiger partial charge in [0.15, 0.2) is 0 Å². The van der Waals surface area contributed by atoms with Gasteiger partial charge in [0.25, 0.3) is 0 Å². The number of nitrogens with one attached hydrogen (secondary N) is 1. The SMILES string of the molecule is Cn1ccc2cc(Oc3ccc(Nc4ccc(Cl)c(Cl)c4)cn3)ccc21. The minimum absolute atomic E-state index is 0.501. The van der Waals surface area contributed by atoms with Gasteiger partial charge in [-0.1, -0.05) is 23.2 Å². The van der Waals surface area contributed by atoms with Gasteiger partial charge in [-0.05, 0) is 48.5 Å². The quantitative estimate of drug-likeness (QED) is 0.442.